The van der Waals surface area contributed by atoms with Gasteiger partial charge in [-0.05, 0) is 24.3 Å². The lowest BCUT2D eigenvalue weighted by molar-refractivity contribution is -0.113. The van der Waals surface area contributed by atoms with Crippen LogP contribution in [-0.4, -0.2) is 36.4 Å². The van der Waals surface area contributed by atoms with E-state index in [1.165, 1.54) is 11.8 Å². The Labute approximate surface area is 138 Å². The van der Waals surface area contributed by atoms with Gasteiger partial charge in [0, 0.05) is 16.5 Å². The average Bonchev–Trinajstić information content (AvgIpc) is 3.16. The number of nitrogens with zero attached hydrogens (tertiary/aromatic N) is 3. The van der Waals surface area contributed by atoms with Crippen LogP contribution in [0.3, 0.4) is 0 Å². The molecule has 1 aliphatic heterocycles. The number of nitrogens with one attached hydrogen (secondary N) is 3. The van der Waals surface area contributed by atoms with Crippen LogP contribution in [0.2, 0.25) is 0 Å². The molecule has 4 aromatic rings. The molecule has 1 aliphatic rings. The smallest absolute Gasteiger partial charge is 0.332 e. The highest BCUT2D eigenvalue weighted by Crippen LogP contribution is 2.33. The zero-order chi connectivity index (χ0) is 16.3. The second-order valence-electron chi connectivity index (χ2n) is 5.42. The molecular formula is C15H10N6O2S. The topological polar surface area (TPSA) is 108 Å². The van der Waals surface area contributed by atoms with Crippen molar-refractivity contribution in [3.8, 4) is 5.69 Å². The van der Waals surface area contributed by atoms with Crippen molar-refractivity contribution < 1.29 is 4.79 Å². The van der Waals surface area contributed by atoms with E-state index in [2.05, 4.69) is 25.5 Å². The third kappa shape index (κ3) is 1.81. The molecular weight excluding hydrogens is 328 g/mol. The van der Waals surface area contributed by atoms with Crippen molar-refractivity contribution in [3.05, 3.63) is 40.9 Å². The van der Waals surface area contributed by atoms with E-state index in [1.807, 2.05) is 18.2 Å². The summed E-state index contributed by atoms with van der Waals surface area (Å²) in [6, 6.07) is 7.42. The summed E-state index contributed by atoms with van der Waals surface area (Å²) in [7, 11) is 0. The molecule has 1 aromatic carbocycles. The Hall–Kier alpha value is -3.07. The van der Waals surface area contributed by atoms with Crippen LogP contribution in [-0.2, 0) is 4.79 Å². The number of amides is 1. The molecule has 8 nitrogen and oxygen atoms in total. The Morgan fingerprint density at radius 2 is 2.00 bits per heavy atom. The van der Waals surface area contributed by atoms with Crippen molar-refractivity contribution in [1.82, 2.24) is 24.7 Å². The van der Waals surface area contributed by atoms with E-state index in [-0.39, 0.29) is 11.6 Å². The van der Waals surface area contributed by atoms with Gasteiger partial charge in [0.05, 0.1) is 17.1 Å². The van der Waals surface area contributed by atoms with Gasteiger partial charge in [0.1, 0.15) is 5.52 Å². The van der Waals surface area contributed by atoms with Crippen molar-refractivity contribution in [2.24, 2.45) is 0 Å². The SMILES string of the molecule is O=C1CSc2ccc(-n3c(=O)[nH]c4nnc5[nH]ccc5c43)cc2N1. The highest BCUT2D eigenvalue weighted by molar-refractivity contribution is 8.00. The van der Waals surface area contributed by atoms with Gasteiger partial charge in [0.15, 0.2) is 11.3 Å². The van der Waals surface area contributed by atoms with Crippen LogP contribution < -0.4 is 11.0 Å². The molecule has 0 unspecified atom stereocenters. The minimum atomic E-state index is -0.303. The van der Waals surface area contributed by atoms with E-state index in [1.54, 1.807) is 16.8 Å². The van der Waals surface area contributed by atoms with Crippen molar-refractivity contribution in [2.75, 3.05) is 11.1 Å². The number of carbonyl (C=O) groups excluding carboxylic acids is 1. The molecule has 118 valence electrons. The van der Waals surface area contributed by atoms with Crippen LogP contribution in [0.4, 0.5) is 5.69 Å². The molecule has 0 fully saturated rings. The Kier molecular flexibility index (Phi) is 2.63. The Balaban J connectivity index is 1.82. The molecule has 3 aromatic heterocycles. The summed E-state index contributed by atoms with van der Waals surface area (Å²) in [4.78, 5) is 30.8. The van der Waals surface area contributed by atoms with Crippen molar-refractivity contribution in [3.63, 3.8) is 0 Å². The number of benzene rings is 1. The third-order valence-corrected chi connectivity index (χ3v) is 5.03. The first kappa shape index (κ1) is 13.4. The second kappa shape index (κ2) is 4.71. The first-order valence-corrected chi connectivity index (χ1v) is 8.21. The number of hydrogen-bond acceptors (Lipinski definition) is 5. The number of anilines is 1. The summed E-state index contributed by atoms with van der Waals surface area (Å²) in [6.45, 7) is 0. The molecule has 4 heterocycles. The number of fused-ring (bicyclic) bond motifs is 4. The monoisotopic (exact) mass is 338 g/mol. The fourth-order valence-electron chi connectivity index (χ4n) is 2.94. The Bertz CT molecular complexity index is 1190. The van der Waals surface area contributed by atoms with Gasteiger partial charge in [-0.1, -0.05) is 0 Å². The van der Waals surface area contributed by atoms with Crippen LogP contribution in [0.1, 0.15) is 0 Å². The predicted molar refractivity (Wildman–Crippen MR) is 90.7 cm³/mol. The van der Waals surface area contributed by atoms with Crippen LogP contribution >= 0.6 is 11.8 Å². The van der Waals surface area contributed by atoms with E-state index >= 15 is 0 Å². The van der Waals surface area contributed by atoms with Crippen LogP contribution in [0, 0.1) is 0 Å². The highest BCUT2D eigenvalue weighted by atomic mass is 32.2. The van der Waals surface area contributed by atoms with Gasteiger partial charge in [-0.2, -0.15) is 0 Å². The molecule has 1 amide bonds. The molecule has 0 saturated heterocycles. The number of H-pyrrole nitrogens is 2. The molecule has 0 bridgehead atoms. The molecule has 0 aliphatic carbocycles. The van der Waals surface area contributed by atoms with E-state index in [0.717, 1.165) is 10.3 Å². The minimum Gasteiger partial charge on any atom is -0.345 e. The van der Waals surface area contributed by atoms with Gasteiger partial charge in [-0.3, -0.25) is 14.3 Å². The van der Waals surface area contributed by atoms with Crippen molar-refractivity contribution in [2.45, 2.75) is 4.90 Å². The van der Waals surface area contributed by atoms with Gasteiger partial charge in [-0.25, -0.2) is 4.79 Å². The van der Waals surface area contributed by atoms with Gasteiger partial charge in [0.25, 0.3) is 0 Å². The number of hydrogen-bond donors (Lipinski definition) is 3. The molecule has 0 radical (unpaired) electrons. The number of imidazole rings is 1. The number of aromatic nitrogens is 5. The summed E-state index contributed by atoms with van der Waals surface area (Å²) in [5, 5.41) is 11.7. The molecule has 0 saturated carbocycles. The normalized spacial score (nSPS) is 14.1. The van der Waals surface area contributed by atoms with Crippen LogP contribution in [0.25, 0.3) is 27.9 Å². The zero-order valence-corrected chi connectivity index (χ0v) is 13.0. The maximum absolute atomic E-state index is 12.5. The van der Waals surface area contributed by atoms with E-state index in [0.29, 0.717) is 33.9 Å². The van der Waals surface area contributed by atoms with E-state index in [4.69, 9.17) is 0 Å². The first-order chi connectivity index (χ1) is 11.7. The molecule has 0 spiro atoms. The lowest BCUT2D eigenvalue weighted by atomic mass is 10.2. The fraction of sp³-hybridized carbons (Fsp3) is 0.0667. The van der Waals surface area contributed by atoms with E-state index < -0.39 is 0 Å². The highest BCUT2D eigenvalue weighted by Gasteiger charge is 2.19. The summed E-state index contributed by atoms with van der Waals surface area (Å²) in [6.07, 6.45) is 1.75. The number of carbonyl (C=O) groups is 1. The number of thioether (sulfide) groups is 1. The standard InChI is InChI=1S/C15H10N6O2S/c22-11-6-24-10-2-1-7(5-9(10)17-11)21-12-8-3-4-16-13(8)19-20-14(12)18-15(21)23/h1-5H,6H2,(H,16,19)(H,17,22)(H,18,20,23). The average molecular weight is 338 g/mol. The van der Waals surface area contributed by atoms with Gasteiger partial charge >= 0.3 is 5.69 Å². The van der Waals surface area contributed by atoms with E-state index in [9.17, 15) is 9.59 Å². The summed E-state index contributed by atoms with van der Waals surface area (Å²) >= 11 is 1.48. The largest absolute Gasteiger partial charge is 0.345 e. The Morgan fingerprint density at radius 3 is 2.92 bits per heavy atom. The molecule has 5 rings (SSSR count). The van der Waals surface area contributed by atoms with Crippen LogP contribution in [0.5, 0.6) is 0 Å². The fourth-order valence-corrected chi connectivity index (χ4v) is 3.72. The third-order valence-electron chi connectivity index (χ3n) is 3.96. The van der Waals surface area contributed by atoms with Gasteiger partial charge in [0.2, 0.25) is 5.91 Å². The molecule has 24 heavy (non-hydrogen) atoms. The maximum atomic E-state index is 12.5. The molecule has 3 N–H and O–H groups in total. The van der Waals surface area contributed by atoms with Gasteiger partial charge < -0.3 is 10.3 Å². The lowest BCUT2D eigenvalue weighted by Gasteiger charge is -2.17. The molecule has 9 heteroatoms. The van der Waals surface area contributed by atoms with Crippen molar-refractivity contribution in [1.29, 1.82) is 0 Å². The Morgan fingerprint density at radius 1 is 1.12 bits per heavy atom. The summed E-state index contributed by atoms with van der Waals surface area (Å²) in [5.41, 5.74) is 2.75. The minimum absolute atomic E-state index is 0.0465. The predicted octanol–water partition coefficient (Wildman–Crippen LogP) is 1.63. The van der Waals surface area contributed by atoms with Crippen LogP contribution in [0.15, 0.2) is 40.2 Å². The quantitative estimate of drug-likeness (QED) is 0.489. The molecule has 0 atom stereocenters. The summed E-state index contributed by atoms with van der Waals surface area (Å²) < 4.78 is 1.55. The number of rotatable bonds is 1. The van der Waals surface area contributed by atoms with Gasteiger partial charge in [-0.15, -0.1) is 22.0 Å². The van der Waals surface area contributed by atoms with Crippen molar-refractivity contribution >= 4 is 45.6 Å². The first-order valence-electron chi connectivity index (χ1n) is 7.22. The lowest BCUT2D eigenvalue weighted by Crippen LogP contribution is -2.20. The zero-order valence-electron chi connectivity index (χ0n) is 12.2. The summed E-state index contributed by atoms with van der Waals surface area (Å²) in [5.74, 6) is 0.355. The second-order valence-corrected chi connectivity index (χ2v) is 6.44. The number of aromatic amines is 2. The maximum Gasteiger partial charge on any atom is 0.332 e.